The van der Waals surface area contributed by atoms with E-state index in [1.54, 1.807) is 13.0 Å². The zero-order valence-electron chi connectivity index (χ0n) is 8.08. The van der Waals surface area contributed by atoms with Gasteiger partial charge in [-0.3, -0.25) is 0 Å². The van der Waals surface area contributed by atoms with Gasteiger partial charge in [0, 0.05) is 12.6 Å². The maximum absolute atomic E-state index is 11.0. The molecule has 0 radical (unpaired) electrons. The molecule has 4 heteroatoms. The molecule has 0 aromatic carbocycles. The van der Waals surface area contributed by atoms with Gasteiger partial charge in [0.15, 0.2) is 0 Å². The van der Waals surface area contributed by atoms with Gasteiger partial charge in [-0.05, 0) is 19.9 Å². The second kappa shape index (κ2) is 3.84. The number of hydrogen-bond acceptors (Lipinski definition) is 4. The molecule has 1 aliphatic heterocycles. The molecule has 1 N–H and O–H groups in total. The lowest BCUT2D eigenvalue weighted by atomic mass is 10.3. The Morgan fingerprint density at radius 3 is 3.07 bits per heavy atom. The monoisotopic (exact) mass is 195 g/mol. The molecule has 0 amide bonds. The van der Waals surface area contributed by atoms with E-state index in [0.29, 0.717) is 11.5 Å². The normalized spacial score (nSPS) is 21.1. The van der Waals surface area contributed by atoms with Crippen molar-refractivity contribution in [3.05, 3.63) is 28.3 Å². The van der Waals surface area contributed by atoms with Crippen molar-refractivity contribution in [2.45, 2.75) is 19.4 Å². The summed E-state index contributed by atoms with van der Waals surface area (Å²) < 4.78 is 10.4. The maximum atomic E-state index is 11.0. The molecule has 1 saturated heterocycles. The van der Waals surface area contributed by atoms with Gasteiger partial charge in [0.05, 0.1) is 6.07 Å². The summed E-state index contributed by atoms with van der Waals surface area (Å²) in [4.78, 5) is 11.0. The Labute approximate surface area is 81.9 Å². The van der Waals surface area contributed by atoms with Crippen molar-refractivity contribution in [3.8, 4) is 5.75 Å². The summed E-state index contributed by atoms with van der Waals surface area (Å²) in [5.74, 6) is 1.19. The minimum atomic E-state index is -0.356. The van der Waals surface area contributed by atoms with Gasteiger partial charge in [0.25, 0.3) is 0 Å². The molecular formula is C10H13NO3. The van der Waals surface area contributed by atoms with Crippen LogP contribution in [0, 0.1) is 6.92 Å². The lowest BCUT2D eigenvalue weighted by molar-refractivity contribution is 0.220. The van der Waals surface area contributed by atoms with E-state index in [2.05, 4.69) is 5.32 Å². The fraction of sp³-hybridized carbons (Fsp3) is 0.500. The van der Waals surface area contributed by atoms with E-state index in [4.69, 9.17) is 9.15 Å². The van der Waals surface area contributed by atoms with E-state index in [9.17, 15) is 4.79 Å². The summed E-state index contributed by atoms with van der Waals surface area (Å²) in [5, 5.41) is 3.20. The van der Waals surface area contributed by atoms with E-state index in [1.165, 1.54) is 6.07 Å². The Morgan fingerprint density at radius 1 is 1.57 bits per heavy atom. The predicted molar refractivity (Wildman–Crippen MR) is 51.6 cm³/mol. The second-order valence-electron chi connectivity index (χ2n) is 3.46. The summed E-state index contributed by atoms with van der Waals surface area (Å²) >= 11 is 0. The van der Waals surface area contributed by atoms with Gasteiger partial charge in [0.2, 0.25) is 0 Å². The third-order valence-electron chi connectivity index (χ3n) is 2.19. The smallest absolute Gasteiger partial charge is 0.339 e. The second-order valence-corrected chi connectivity index (χ2v) is 3.46. The SMILES string of the molecule is Cc1cc(OC2CCNC2)cc(=O)o1. The topological polar surface area (TPSA) is 51.5 Å². The molecule has 76 valence electrons. The zero-order valence-corrected chi connectivity index (χ0v) is 8.08. The summed E-state index contributed by atoms with van der Waals surface area (Å²) in [5.41, 5.74) is -0.356. The van der Waals surface area contributed by atoms with Gasteiger partial charge in [-0.2, -0.15) is 0 Å². The summed E-state index contributed by atoms with van der Waals surface area (Å²) in [6.45, 7) is 3.56. The van der Waals surface area contributed by atoms with Crippen molar-refractivity contribution >= 4 is 0 Å². The largest absolute Gasteiger partial charge is 0.489 e. The van der Waals surface area contributed by atoms with E-state index >= 15 is 0 Å². The minimum absolute atomic E-state index is 0.177. The average Bonchev–Trinajstić information content (AvgIpc) is 2.54. The highest BCUT2D eigenvalue weighted by Gasteiger charge is 2.16. The summed E-state index contributed by atoms with van der Waals surface area (Å²) in [6.07, 6.45) is 1.16. The molecule has 2 heterocycles. The fourth-order valence-corrected chi connectivity index (χ4v) is 1.56. The van der Waals surface area contributed by atoms with Crippen molar-refractivity contribution in [2.24, 2.45) is 0 Å². The molecule has 1 aromatic rings. The van der Waals surface area contributed by atoms with E-state index in [-0.39, 0.29) is 11.7 Å². The van der Waals surface area contributed by atoms with E-state index in [1.807, 2.05) is 0 Å². The van der Waals surface area contributed by atoms with Crippen LogP contribution in [-0.2, 0) is 0 Å². The molecule has 1 aromatic heterocycles. The molecule has 2 rings (SSSR count). The standard InChI is InChI=1S/C10H13NO3/c1-7-4-9(5-10(12)13-7)14-8-2-3-11-6-8/h4-5,8,11H,2-3,6H2,1H3. The lowest BCUT2D eigenvalue weighted by Gasteiger charge is -2.11. The molecule has 1 atom stereocenters. The van der Waals surface area contributed by atoms with Crippen LogP contribution in [0.3, 0.4) is 0 Å². The predicted octanol–water partition coefficient (Wildman–Crippen LogP) is 0.689. The first-order valence-electron chi connectivity index (χ1n) is 4.73. The molecule has 0 spiro atoms. The zero-order chi connectivity index (χ0) is 9.97. The number of rotatable bonds is 2. The number of aryl methyl sites for hydroxylation is 1. The van der Waals surface area contributed by atoms with Crippen LogP contribution in [-0.4, -0.2) is 19.2 Å². The third kappa shape index (κ3) is 2.14. The number of hydrogen-bond donors (Lipinski definition) is 1. The van der Waals surface area contributed by atoms with Gasteiger partial charge in [0.1, 0.15) is 17.6 Å². The van der Waals surface area contributed by atoms with Crippen LogP contribution in [0.5, 0.6) is 5.75 Å². The van der Waals surface area contributed by atoms with Crippen molar-refractivity contribution in [3.63, 3.8) is 0 Å². The van der Waals surface area contributed by atoms with Crippen molar-refractivity contribution in [1.29, 1.82) is 0 Å². The minimum Gasteiger partial charge on any atom is -0.489 e. The van der Waals surface area contributed by atoms with Crippen LogP contribution in [0.1, 0.15) is 12.2 Å². The van der Waals surface area contributed by atoms with Crippen LogP contribution in [0.25, 0.3) is 0 Å². The Morgan fingerprint density at radius 2 is 2.43 bits per heavy atom. The molecule has 1 aliphatic rings. The summed E-state index contributed by atoms with van der Waals surface area (Å²) in [7, 11) is 0. The molecule has 14 heavy (non-hydrogen) atoms. The number of nitrogens with one attached hydrogen (secondary N) is 1. The molecule has 0 bridgehead atoms. The summed E-state index contributed by atoms with van der Waals surface area (Å²) in [6, 6.07) is 3.12. The Hall–Kier alpha value is -1.29. The molecule has 1 unspecified atom stereocenters. The van der Waals surface area contributed by atoms with Gasteiger partial charge >= 0.3 is 5.63 Å². The first-order valence-corrected chi connectivity index (χ1v) is 4.73. The Balaban J connectivity index is 2.11. The fourth-order valence-electron chi connectivity index (χ4n) is 1.56. The van der Waals surface area contributed by atoms with E-state index < -0.39 is 0 Å². The molecule has 4 nitrogen and oxygen atoms in total. The molecule has 1 fully saturated rings. The molecule has 0 saturated carbocycles. The molecular weight excluding hydrogens is 182 g/mol. The van der Waals surface area contributed by atoms with Crippen LogP contribution in [0.4, 0.5) is 0 Å². The van der Waals surface area contributed by atoms with Crippen LogP contribution in [0.15, 0.2) is 21.3 Å². The highest BCUT2D eigenvalue weighted by Crippen LogP contribution is 2.14. The number of ether oxygens (including phenoxy) is 1. The van der Waals surface area contributed by atoms with Gasteiger partial charge in [-0.25, -0.2) is 4.79 Å². The lowest BCUT2D eigenvalue weighted by Crippen LogP contribution is -2.20. The third-order valence-corrected chi connectivity index (χ3v) is 2.19. The first kappa shape index (κ1) is 9.27. The van der Waals surface area contributed by atoms with Crippen molar-refractivity contribution in [1.82, 2.24) is 5.32 Å². The van der Waals surface area contributed by atoms with Crippen LogP contribution >= 0.6 is 0 Å². The van der Waals surface area contributed by atoms with Crippen LogP contribution < -0.4 is 15.7 Å². The van der Waals surface area contributed by atoms with Crippen LogP contribution in [0.2, 0.25) is 0 Å². The van der Waals surface area contributed by atoms with Crippen molar-refractivity contribution in [2.75, 3.05) is 13.1 Å². The Kier molecular flexibility index (Phi) is 2.54. The van der Waals surface area contributed by atoms with Crippen molar-refractivity contribution < 1.29 is 9.15 Å². The van der Waals surface area contributed by atoms with Gasteiger partial charge < -0.3 is 14.5 Å². The average molecular weight is 195 g/mol. The van der Waals surface area contributed by atoms with Gasteiger partial charge in [-0.1, -0.05) is 0 Å². The first-order chi connectivity index (χ1) is 6.74. The highest BCUT2D eigenvalue weighted by atomic mass is 16.5. The van der Waals surface area contributed by atoms with E-state index in [0.717, 1.165) is 19.5 Å². The highest BCUT2D eigenvalue weighted by molar-refractivity contribution is 5.20. The van der Waals surface area contributed by atoms with Gasteiger partial charge in [-0.15, -0.1) is 0 Å². The molecule has 0 aliphatic carbocycles. The Bertz CT molecular complexity index is 366. The maximum Gasteiger partial charge on any atom is 0.339 e. The quantitative estimate of drug-likeness (QED) is 0.754.